The molecule has 1 amide bonds. The molecule has 0 atom stereocenters. The highest BCUT2D eigenvalue weighted by Gasteiger charge is 2.26. The third kappa shape index (κ3) is 5.75. The molecule has 0 aromatic heterocycles. The van der Waals surface area contributed by atoms with Gasteiger partial charge in [-0.05, 0) is 30.2 Å². The Bertz CT molecular complexity index is 755. The van der Waals surface area contributed by atoms with Crippen molar-refractivity contribution in [3.63, 3.8) is 0 Å². The Morgan fingerprint density at radius 3 is 2.30 bits per heavy atom. The quantitative estimate of drug-likeness (QED) is 0.707. The number of carboxylic acids is 1. The molecule has 9 heteroatoms. The Morgan fingerprint density at radius 1 is 1.19 bits per heavy atom. The van der Waals surface area contributed by atoms with Crippen LogP contribution in [0.2, 0.25) is 0 Å². The molecule has 0 bridgehead atoms. The minimum Gasteiger partial charge on any atom is -0.481 e. The zero-order chi connectivity index (χ0) is 20.0. The van der Waals surface area contributed by atoms with Crippen molar-refractivity contribution in [2.24, 2.45) is 5.92 Å². The highest BCUT2D eigenvalue weighted by Crippen LogP contribution is 2.18. The minimum atomic E-state index is -3.61. The van der Waals surface area contributed by atoms with Crippen molar-refractivity contribution >= 4 is 21.9 Å². The molecular weight excluding hydrogens is 372 g/mol. The highest BCUT2D eigenvalue weighted by atomic mass is 32.2. The Balaban J connectivity index is 2.16. The number of sulfonamides is 1. The van der Waals surface area contributed by atoms with Crippen LogP contribution >= 0.6 is 0 Å². The van der Waals surface area contributed by atoms with Gasteiger partial charge in [0.1, 0.15) is 0 Å². The molecule has 1 aromatic rings. The van der Waals surface area contributed by atoms with Gasteiger partial charge >= 0.3 is 5.97 Å². The number of nitrogens with zero attached hydrogens (tertiary/aromatic N) is 2. The summed E-state index contributed by atoms with van der Waals surface area (Å²) in [6, 6.07) is 5.79. The fourth-order valence-corrected chi connectivity index (χ4v) is 4.24. The molecular formula is C18H26N2O6S. The Kier molecular flexibility index (Phi) is 7.34. The van der Waals surface area contributed by atoms with Crippen LogP contribution in [-0.2, 0) is 19.6 Å². The molecule has 0 saturated carbocycles. The molecule has 1 aliphatic rings. The molecule has 0 spiro atoms. The van der Waals surface area contributed by atoms with Crippen molar-refractivity contribution < 1.29 is 27.9 Å². The number of benzene rings is 1. The first-order valence-electron chi connectivity index (χ1n) is 8.91. The van der Waals surface area contributed by atoms with Crippen LogP contribution in [0.1, 0.15) is 30.6 Å². The van der Waals surface area contributed by atoms with E-state index < -0.39 is 16.0 Å². The largest absolute Gasteiger partial charge is 0.481 e. The molecule has 1 aromatic carbocycles. The summed E-state index contributed by atoms with van der Waals surface area (Å²) in [5.74, 6) is -1.09. The summed E-state index contributed by atoms with van der Waals surface area (Å²) < 4.78 is 31.8. The SMILES string of the molecule is CC(C)CN(CCC(=O)O)C(=O)c1ccc(S(=O)(=O)N2CCOCC2)cc1. The van der Waals surface area contributed by atoms with Crippen LogP contribution < -0.4 is 0 Å². The van der Waals surface area contributed by atoms with Crippen molar-refractivity contribution in [2.45, 2.75) is 25.2 Å². The number of hydrogen-bond acceptors (Lipinski definition) is 5. The summed E-state index contributed by atoms with van der Waals surface area (Å²) in [6.45, 7) is 5.77. The average molecular weight is 398 g/mol. The van der Waals surface area contributed by atoms with E-state index in [1.807, 2.05) is 13.8 Å². The molecule has 1 aliphatic heterocycles. The highest BCUT2D eigenvalue weighted by molar-refractivity contribution is 7.89. The number of ether oxygens (including phenoxy) is 1. The number of carbonyl (C=O) groups is 2. The van der Waals surface area contributed by atoms with E-state index in [9.17, 15) is 18.0 Å². The Morgan fingerprint density at radius 2 is 1.78 bits per heavy atom. The van der Waals surface area contributed by atoms with E-state index in [2.05, 4.69) is 0 Å². The van der Waals surface area contributed by atoms with Crippen LogP contribution in [0.4, 0.5) is 0 Å². The lowest BCUT2D eigenvalue weighted by molar-refractivity contribution is -0.137. The van der Waals surface area contributed by atoms with E-state index in [1.54, 1.807) is 0 Å². The number of amides is 1. The molecule has 0 unspecified atom stereocenters. The molecule has 27 heavy (non-hydrogen) atoms. The van der Waals surface area contributed by atoms with Crippen LogP contribution in [0.15, 0.2) is 29.2 Å². The van der Waals surface area contributed by atoms with Gasteiger partial charge in [0.2, 0.25) is 10.0 Å². The zero-order valence-corrected chi connectivity index (χ0v) is 16.4. The Hall–Kier alpha value is -1.97. The number of rotatable bonds is 8. The lowest BCUT2D eigenvalue weighted by Crippen LogP contribution is -2.40. The summed E-state index contributed by atoms with van der Waals surface area (Å²) in [6.07, 6.45) is -0.137. The first-order valence-corrected chi connectivity index (χ1v) is 10.3. The minimum absolute atomic E-state index is 0.111. The molecule has 1 heterocycles. The summed E-state index contributed by atoms with van der Waals surface area (Å²) in [5, 5.41) is 8.88. The molecule has 0 aliphatic carbocycles. The second kappa shape index (κ2) is 9.29. The predicted molar refractivity (Wildman–Crippen MR) is 99.0 cm³/mol. The number of carbonyl (C=O) groups excluding carboxylic acids is 1. The van der Waals surface area contributed by atoms with Crippen LogP contribution in [-0.4, -0.2) is 74.0 Å². The second-order valence-corrected chi connectivity index (χ2v) is 8.77. The monoisotopic (exact) mass is 398 g/mol. The molecule has 0 radical (unpaired) electrons. The molecule has 2 rings (SSSR count). The van der Waals surface area contributed by atoms with E-state index >= 15 is 0 Å². The Labute approximate surface area is 159 Å². The fraction of sp³-hybridized carbons (Fsp3) is 0.556. The van der Waals surface area contributed by atoms with Gasteiger partial charge in [-0.15, -0.1) is 0 Å². The summed E-state index contributed by atoms with van der Waals surface area (Å²) in [7, 11) is -3.61. The van der Waals surface area contributed by atoms with Gasteiger partial charge in [0.15, 0.2) is 0 Å². The maximum Gasteiger partial charge on any atom is 0.305 e. The van der Waals surface area contributed by atoms with E-state index in [4.69, 9.17) is 9.84 Å². The summed E-state index contributed by atoms with van der Waals surface area (Å²) in [4.78, 5) is 25.2. The molecule has 8 nitrogen and oxygen atoms in total. The van der Waals surface area contributed by atoms with E-state index in [1.165, 1.54) is 33.5 Å². The van der Waals surface area contributed by atoms with Gasteiger partial charge in [-0.3, -0.25) is 9.59 Å². The summed E-state index contributed by atoms with van der Waals surface area (Å²) in [5.41, 5.74) is 0.335. The van der Waals surface area contributed by atoms with Crippen molar-refractivity contribution in [1.82, 2.24) is 9.21 Å². The van der Waals surface area contributed by atoms with E-state index in [0.29, 0.717) is 38.4 Å². The van der Waals surface area contributed by atoms with E-state index in [-0.39, 0.29) is 29.7 Å². The molecule has 1 saturated heterocycles. The lowest BCUT2D eigenvalue weighted by Gasteiger charge is -2.26. The lowest BCUT2D eigenvalue weighted by atomic mass is 10.1. The van der Waals surface area contributed by atoms with Crippen LogP contribution in [0.25, 0.3) is 0 Å². The fourth-order valence-electron chi connectivity index (χ4n) is 2.84. The summed E-state index contributed by atoms with van der Waals surface area (Å²) >= 11 is 0. The second-order valence-electron chi connectivity index (χ2n) is 6.83. The third-order valence-corrected chi connectivity index (χ3v) is 6.09. The maximum absolute atomic E-state index is 12.7. The number of carboxylic acid groups (broad SMARTS) is 1. The van der Waals surface area contributed by atoms with Gasteiger partial charge in [-0.2, -0.15) is 4.31 Å². The number of morpholine rings is 1. The van der Waals surface area contributed by atoms with Crippen molar-refractivity contribution in [3.8, 4) is 0 Å². The normalized spacial score (nSPS) is 15.7. The number of aliphatic carboxylic acids is 1. The van der Waals surface area contributed by atoms with Crippen LogP contribution in [0, 0.1) is 5.92 Å². The van der Waals surface area contributed by atoms with Crippen LogP contribution in [0.5, 0.6) is 0 Å². The van der Waals surface area contributed by atoms with Gasteiger partial charge in [0.25, 0.3) is 5.91 Å². The van der Waals surface area contributed by atoms with Gasteiger partial charge in [0, 0.05) is 31.7 Å². The maximum atomic E-state index is 12.7. The smallest absolute Gasteiger partial charge is 0.305 e. The third-order valence-electron chi connectivity index (χ3n) is 4.18. The zero-order valence-electron chi connectivity index (χ0n) is 15.6. The van der Waals surface area contributed by atoms with Crippen molar-refractivity contribution in [2.75, 3.05) is 39.4 Å². The van der Waals surface area contributed by atoms with E-state index in [0.717, 1.165) is 0 Å². The van der Waals surface area contributed by atoms with Gasteiger partial charge in [-0.25, -0.2) is 8.42 Å². The van der Waals surface area contributed by atoms with Crippen molar-refractivity contribution in [1.29, 1.82) is 0 Å². The topological polar surface area (TPSA) is 104 Å². The van der Waals surface area contributed by atoms with Gasteiger partial charge in [0.05, 0.1) is 24.5 Å². The van der Waals surface area contributed by atoms with Crippen LogP contribution in [0.3, 0.4) is 0 Å². The molecule has 1 N–H and O–H groups in total. The first kappa shape index (κ1) is 21.3. The molecule has 1 fully saturated rings. The predicted octanol–water partition coefficient (Wildman–Crippen LogP) is 1.28. The first-order chi connectivity index (χ1) is 12.7. The average Bonchev–Trinajstić information content (AvgIpc) is 2.65. The van der Waals surface area contributed by atoms with Gasteiger partial charge < -0.3 is 14.7 Å². The van der Waals surface area contributed by atoms with Crippen molar-refractivity contribution in [3.05, 3.63) is 29.8 Å². The standard InChI is InChI=1S/C18H26N2O6S/c1-14(2)13-19(8-7-17(21)22)18(23)15-3-5-16(6-4-15)27(24,25)20-9-11-26-12-10-20/h3-6,14H,7-13H2,1-2H3,(H,21,22). The van der Waals surface area contributed by atoms with Gasteiger partial charge in [-0.1, -0.05) is 13.8 Å². The molecule has 150 valence electrons. The number of hydrogen-bond donors (Lipinski definition) is 1.